The molecular weight excluding hydrogens is 510 g/mol. The first-order valence-corrected chi connectivity index (χ1v) is 14.3. The first-order valence-electron chi connectivity index (χ1n) is 14.3. The fourth-order valence-corrected chi connectivity index (χ4v) is 6.02. The van der Waals surface area contributed by atoms with E-state index in [0.717, 1.165) is 38.9 Å². The van der Waals surface area contributed by atoms with Crippen molar-refractivity contribution < 1.29 is 4.42 Å². The maximum atomic E-state index is 6.50. The van der Waals surface area contributed by atoms with E-state index in [9.17, 15) is 0 Å². The van der Waals surface area contributed by atoms with Gasteiger partial charge in [-0.3, -0.25) is 0 Å². The minimum absolute atomic E-state index is 0.913. The van der Waals surface area contributed by atoms with Crippen LogP contribution in [0.2, 0.25) is 0 Å². The van der Waals surface area contributed by atoms with E-state index >= 15 is 0 Å². The van der Waals surface area contributed by atoms with Gasteiger partial charge in [0.15, 0.2) is 0 Å². The summed E-state index contributed by atoms with van der Waals surface area (Å²) in [6, 6.07) is 55.6. The van der Waals surface area contributed by atoms with Crippen LogP contribution in [0.5, 0.6) is 0 Å². The van der Waals surface area contributed by atoms with Gasteiger partial charge >= 0.3 is 0 Å². The predicted octanol–water partition coefficient (Wildman–Crippen LogP) is 11.5. The molecule has 7 aromatic carbocycles. The van der Waals surface area contributed by atoms with Crippen LogP contribution >= 0.6 is 0 Å². The Morgan fingerprint density at radius 1 is 0.381 bits per heavy atom. The Kier molecular flexibility index (Phi) is 5.82. The zero-order valence-electron chi connectivity index (χ0n) is 22.9. The van der Waals surface area contributed by atoms with Gasteiger partial charge in [-0.25, -0.2) is 0 Å². The molecule has 0 aliphatic heterocycles. The van der Waals surface area contributed by atoms with Crippen molar-refractivity contribution in [2.24, 2.45) is 0 Å². The van der Waals surface area contributed by atoms with Crippen LogP contribution < -0.4 is 5.32 Å². The number of benzene rings is 7. The molecule has 1 heterocycles. The number of hydrogen-bond donors (Lipinski definition) is 1. The lowest BCUT2D eigenvalue weighted by atomic mass is 9.88. The van der Waals surface area contributed by atoms with Crippen molar-refractivity contribution in [1.29, 1.82) is 0 Å². The average molecular weight is 538 g/mol. The fraction of sp³-hybridized carbons (Fsp3) is 0. The third kappa shape index (κ3) is 4.22. The Morgan fingerprint density at radius 3 is 1.81 bits per heavy atom. The Balaban J connectivity index is 1.21. The van der Waals surface area contributed by atoms with E-state index in [0.29, 0.717) is 0 Å². The Bertz CT molecular complexity index is 2190. The smallest absolute Gasteiger partial charge is 0.143 e. The second-order valence-electron chi connectivity index (χ2n) is 10.6. The molecular formula is C40H27NO. The summed E-state index contributed by atoms with van der Waals surface area (Å²) >= 11 is 0. The highest BCUT2D eigenvalue weighted by Crippen LogP contribution is 2.43. The van der Waals surface area contributed by atoms with Gasteiger partial charge in [0.25, 0.3) is 0 Å². The topological polar surface area (TPSA) is 25.2 Å². The largest absolute Gasteiger partial charge is 0.455 e. The molecule has 0 bridgehead atoms. The van der Waals surface area contributed by atoms with Crippen molar-refractivity contribution in [3.05, 3.63) is 158 Å². The molecule has 1 N–H and O–H groups in total. The lowest BCUT2D eigenvalue weighted by Crippen LogP contribution is -1.90. The number of furan rings is 1. The van der Waals surface area contributed by atoms with Gasteiger partial charge < -0.3 is 9.73 Å². The van der Waals surface area contributed by atoms with E-state index in [1.54, 1.807) is 0 Å². The van der Waals surface area contributed by atoms with Gasteiger partial charge in [0.1, 0.15) is 11.2 Å². The number of rotatable bonds is 5. The monoisotopic (exact) mass is 537 g/mol. The maximum absolute atomic E-state index is 6.50. The summed E-state index contributed by atoms with van der Waals surface area (Å²) in [5, 5.41) is 8.18. The lowest BCUT2D eigenvalue weighted by Gasteiger charge is -2.15. The summed E-state index contributed by atoms with van der Waals surface area (Å²) < 4.78 is 6.50. The summed E-state index contributed by atoms with van der Waals surface area (Å²) in [6.45, 7) is 0. The lowest BCUT2D eigenvalue weighted by molar-refractivity contribution is 0.670. The standard InChI is InChI=1S/C40H27NO/c1-2-10-31(11-3-1)41-32-24-21-28(22-25-32)27-17-19-30(20-18-27)34-26-23-29-9-4-5-12-33(29)39(34)37-15-8-14-36-35-13-6-7-16-38(35)42-40(36)37/h1-26,41H. The normalized spacial score (nSPS) is 11.3. The van der Waals surface area contributed by atoms with Gasteiger partial charge in [-0.15, -0.1) is 0 Å². The maximum Gasteiger partial charge on any atom is 0.143 e. The minimum Gasteiger partial charge on any atom is -0.455 e. The number of nitrogens with one attached hydrogen (secondary N) is 1. The van der Waals surface area contributed by atoms with E-state index in [4.69, 9.17) is 4.42 Å². The average Bonchev–Trinajstić information content (AvgIpc) is 3.44. The molecule has 42 heavy (non-hydrogen) atoms. The molecule has 0 unspecified atom stereocenters. The summed E-state index contributed by atoms with van der Waals surface area (Å²) in [5.74, 6) is 0. The van der Waals surface area contributed by atoms with E-state index in [1.807, 2.05) is 30.3 Å². The van der Waals surface area contributed by atoms with Crippen LogP contribution in [-0.4, -0.2) is 0 Å². The molecule has 0 fully saturated rings. The molecule has 0 aliphatic rings. The highest BCUT2D eigenvalue weighted by Gasteiger charge is 2.18. The highest BCUT2D eigenvalue weighted by atomic mass is 16.3. The van der Waals surface area contributed by atoms with Crippen molar-refractivity contribution in [3.8, 4) is 33.4 Å². The molecule has 2 heteroatoms. The quantitative estimate of drug-likeness (QED) is 0.236. The summed E-state index contributed by atoms with van der Waals surface area (Å²) in [4.78, 5) is 0. The third-order valence-electron chi connectivity index (χ3n) is 8.08. The van der Waals surface area contributed by atoms with E-state index < -0.39 is 0 Å². The van der Waals surface area contributed by atoms with Gasteiger partial charge in [0.2, 0.25) is 0 Å². The third-order valence-corrected chi connectivity index (χ3v) is 8.08. The van der Waals surface area contributed by atoms with Gasteiger partial charge in [0, 0.05) is 33.3 Å². The molecule has 0 atom stereocenters. The predicted molar refractivity (Wildman–Crippen MR) is 177 cm³/mol. The van der Waals surface area contributed by atoms with Crippen molar-refractivity contribution in [3.63, 3.8) is 0 Å². The van der Waals surface area contributed by atoms with Gasteiger partial charge in [-0.05, 0) is 63.4 Å². The second kappa shape index (κ2) is 10.1. The van der Waals surface area contributed by atoms with Gasteiger partial charge in [0.05, 0.1) is 0 Å². The van der Waals surface area contributed by atoms with Crippen molar-refractivity contribution in [1.82, 2.24) is 0 Å². The zero-order chi connectivity index (χ0) is 27.9. The summed E-state index contributed by atoms with van der Waals surface area (Å²) in [6.07, 6.45) is 0. The number of fused-ring (bicyclic) bond motifs is 4. The second-order valence-corrected chi connectivity index (χ2v) is 10.6. The molecule has 0 amide bonds. The van der Waals surface area contributed by atoms with Crippen LogP contribution in [-0.2, 0) is 0 Å². The first kappa shape index (κ1) is 24.2. The molecule has 0 spiro atoms. The molecule has 0 radical (unpaired) electrons. The van der Waals surface area contributed by atoms with E-state index in [2.05, 4.69) is 133 Å². The Labute approximate surface area is 244 Å². The first-order chi connectivity index (χ1) is 20.8. The summed E-state index contributed by atoms with van der Waals surface area (Å²) in [7, 11) is 0. The van der Waals surface area contributed by atoms with Gasteiger partial charge in [-0.1, -0.05) is 127 Å². The van der Waals surface area contributed by atoms with Crippen LogP contribution in [0.4, 0.5) is 11.4 Å². The highest BCUT2D eigenvalue weighted by molar-refractivity contribution is 6.14. The molecule has 1 aromatic heterocycles. The number of para-hydroxylation sites is 3. The molecule has 198 valence electrons. The SMILES string of the molecule is c1ccc(Nc2ccc(-c3ccc(-c4ccc5ccccc5c4-c4cccc5c4oc4ccccc45)cc3)cc2)cc1. The van der Waals surface area contributed by atoms with E-state index in [1.165, 1.54) is 38.6 Å². The van der Waals surface area contributed by atoms with Crippen LogP contribution in [0.25, 0.3) is 66.1 Å². The fourth-order valence-electron chi connectivity index (χ4n) is 6.02. The minimum atomic E-state index is 0.913. The van der Waals surface area contributed by atoms with Crippen LogP contribution in [0, 0.1) is 0 Å². The van der Waals surface area contributed by atoms with Crippen LogP contribution in [0.3, 0.4) is 0 Å². The molecule has 0 saturated carbocycles. The summed E-state index contributed by atoms with van der Waals surface area (Å²) in [5.41, 5.74) is 11.0. The zero-order valence-corrected chi connectivity index (χ0v) is 22.9. The molecule has 8 rings (SSSR count). The molecule has 2 nitrogen and oxygen atoms in total. The van der Waals surface area contributed by atoms with Crippen LogP contribution in [0.15, 0.2) is 162 Å². The molecule has 0 saturated heterocycles. The van der Waals surface area contributed by atoms with E-state index in [-0.39, 0.29) is 0 Å². The van der Waals surface area contributed by atoms with Crippen molar-refractivity contribution in [2.45, 2.75) is 0 Å². The van der Waals surface area contributed by atoms with Crippen LogP contribution in [0.1, 0.15) is 0 Å². The Morgan fingerprint density at radius 2 is 1.00 bits per heavy atom. The molecule has 8 aromatic rings. The number of hydrogen-bond acceptors (Lipinski definition) is 2. The van der Waals surface area contributed by atoms with Crippen molar-refractivity contribution >= 4 is 44.1 Å². The Hall–Kier alpha value is -5.60. The van der Waals surface area contributed by atoms with Gasteiger partial charge in [-0.2, -0.15) is 0 Å². The number of anilines is 2. The molecule has 0 aliphatic carbocycles. The van der Waals surface area contributed by atoms with Crippen molar-refractivity contribution in [2.75, 3.05) is 5.32 Å².